The molecular weight excluding hydrogens is 375 g/mol. The van der Waals surface area contributed by atoms with Gasteiger partial charge in [0.05, 0.1) is 6.42 Å². The lowest BCUT2D eigenvalue weighted by atomic mass is 9.95. The summed E-state index contributed by atoms with van der Waals surface area (Å²) in [6.07, 6.45) is -21.8. The van der Waals surface area contributed by atoms with Gasteiger partial charge in [-0.15, -0.1) is 0 Å². The van der Waals surface area contributed by atoms with Gasteiger partial charge in [-0.2, -0.15) is 57.1 Å². The molecule has 15 heteroatoms. The molecule has 0 aromatic rings. The molecule has 0 heterocycles. The Labute approximate surface area is 117 Å². The van der Waals surface area contributed by atoms with Gasteiger partial charge in [0.1, 0.15) is 6.10 Å². The Kier molecular flexibility index (Phi) is 5.29. The van der Waals surface area contributed by atoms with E-state index in [-0.39, 0.29) is 0 Å². The molecule has 0 aromatic heterocycles. The monoisotopic (exact) mass is 380 g/mol. The third-order valence-electron chi connectivity index (χ3n) is 2.48. The van der Waals surface area contributed by atoms with E-state index in [1.54, 1.807) is 0 Å². The second kappa shape index (κ2) is 5.53. The number of halogens is 13. The van der Waals surface area contributed by atoms with Gasteiger partial charge >= 0.3 is 36.0 Å². The standard InChI is InChI=1S/C8H5F13O2/c9-3(10,1-2(22)4(11,12)7(17,18)19)5(13,14)6(15,16)8(20,21)23/h2,22-23H,1H2. The molecule has 0 saturated heterocycles. The van der Waals surface area contributed by atoms with Crippen molar-refractivity contribution >= 4 is 0 Å². The lowest BCUT2D eigenvalue weighted by Gasteiger charge is -2.36. The van der Waals surface area contributed by atoms with Crippen LogP contribution in [0.1, 0.15) is 6.42 Å². The van der Waals surface area contributed by atoms with Gasteiger partial charge in [-0.05, 0) is 0 Å². The van der Waals surface area contributed by atoms with Gasteiger partial charge in [-0.1, -0.05) is 0 Å². The SMILES string of the molecule is OC(CC(F)(F)C(F)(F)C(F)(F)C(O)(F)F)C(F)(F)C(F)(F)F. The van der Waals surface area contributed by atoms with Crippen molar-refractivity contribution in [3.05, 3.63) is 0 Å². The minimum absolute atomic E-state index is 3.65. The molecule has 1 atom stereocenters. The van der Waals surface area contributed by atoms with Crippen molar-refractivity contribution in [3.8, 4) is 0 Å². The lowest BCUT2D eigenvalue weighted by molar-refractivity contribution is -0.421. The first-order valence-corrected chi connectivity index (χ1v) is 4.99. The summed E-state index contributed by atoms with van der Waals surface area (Å²) in [5.41, 5.74) is 0. The first kappa shape index (κ1) is 22.0. The molecule has 0 rings (SSSR count). The molecule has 0 saturated carbocycles. The minimum Gasteiger partial charge on any atom is -0.386 e. The number of rotatable bonds is 6. The molecule has 0 fully saturated rings. The summed E-state index contributed by atoms with van der Waals surface area (Å²) in [5, 5.41) is 15.8. The van der Waals surface area contributed by atoms with Crippen molar-refractivity contribution in [2.45, 2.75) is 48.5 Å². The van der Waals surface area contributed by atoms with Crippen molar-refractivity contribution in [2.24, 2.45) is 0 Å². The third-order valence-corrected chi connectivity index (χ3v) is 2.48. The van der Waals surface area contributed by atoms with E-state index in [0.29, 0.717) is 0 Å². The smallest absolute Gasteiger partial charge is 0.386 e. The summed E-state index contributed by atoms with van der Waals surface area (Å²) in [4.78, 5) is 0. The van der Waals surface area contributed by atoms with Gasteiger partial charge in [0.15, 0.2) is 0 Å². The van der Waals surface area contributed by atoms with Gasteiger partial charge in [0, 0.05) is 0 Å². The van der Waals surface area contributed by atoms with Crippen LogP contribution in [0.3, 0.4) is 0 Å². The van der Waals surface area contributed by atoms with E-state index in [1.165, 1.54) is 0 Å². The van der Waals surface area contributed by atoms with E-state index in [0.717, 1.165) is 0 Å². The molecule has 0 amide bonds. The zero-order valence-electron chi connectivity index (χ0n) is 10.1. The average molecular weight is 380 g/mol. The Balaban J connectivity index is 5.67. The average Bonchev–Trinajstić information content (AvgIpc) is 2.24. The molecule has 0 radical (unpaired) electrons. The molecule has 2 nitrogen and oxygen atoms in total. The topological polar surface area (TPSA) is 40.5 Å². The number of aliphatic hydroxyl groups is 2. The summed E-state index contributed by atoms with van der Waals surface area (Å²) >= 11 is 0. The van der Waals surface area contributed by atoms with Gasteiger partial charge < -0.3 is 10.2 Å². The molecule has 0 aliphatic heterocycles. The van der Waals surface area contributed by atoms with E-state index < -0.39 is 48.5 Å². The van der Waals surface area contributed by atoms with E-state index >= 15 is 0 Å². The normalized spacial score (nSPS) is 17.3. The van der Waals surface area contributed by atoms with E-state index in [2.05, 4.69) is 0 Å². The number of hydrogen-bond acceptors (Lipinski definition) is 2. The van der Waals surface area contributed by atoms with E-state index in [9.17, 15) is 57.1 Å². The van der Waals surface area contributed by atoms with Crippen LogP contribution in [0.25, 0.3) is 0 Å². The first-order valence-electron chi connectivity index (χ1n) is 4.99. The summed E-state index contributed by atoms with van der Waals surface area (Å²) in [6.45, 7) is 0. The van der Waals surface area contributed by atoms with Crippen LogP contribution in [-0.4, -0.2) is 52.3 Å². The van der Waals surface area contributed by atoms with Crippen LogP contribution in [-0.2, 0) is 0 Å². The largest absolute Gasteiger partial charge is 0.456 e. The number of aliphatic hydroxyl groups excluding tert-OH is 1. The molecule has 1 unspecified atom stereocenters. The molecule has 140 valence electrons. The van der Waals surface area contributed by atoms with Crippen LogP contribution in [0.2, 0.25) is 0 Å². The van der Waals surface area contributed by atoms with E-state index in [4.69, 9.17) is 10.2 Å². The Morgan fingerprint density at radius 1 is 0.652 bits per heavy atom. The Morgan fingerprint density at radius 2 is 1.00 bits per heavy atom. The molecule has 0 aliphatic carbocycles. The highest BCUT2D eigenvalue weighted by Gasteiger charge is 2.81. The Hall–Kier alpha value is -0.990. The van der Waals surface area contributed by atoms with Crippen molar-refractivity contribution in [1.82, 2.24) is 0 Å². The third kappa shape index (κ3) is 3.59. The van der Waals surface area contributed by atoms with E-state index in [1.807, 2.05) is 0 Å². The predicted octanol–water partition coefficient (Wildman–Crippen LogP) is 3.43. The quantitative estimate of drug-likeness (QED) is 0.694. The lowest BCUT2D eigenvalue weighted by Crippen LogP contribution is -2.63. The van der Waals surface area contributed by atoms with Crippen molar-refractivity contribution in [2.75, 3.05) is 0 Å². The molecular formula is C8H5F13O2. The fourth-order valence-electron chi connectivity index (χ4n) is 1.11. The van der Waals surface area contributed by atoms with Crippen LogP contribution in [0.15, 0.2) is 0 Å². The van der Waals surface area contributed by atoms with Gasteiger partial charge in [0.2, 0.25) is 0 Å². The molecule has 0 aliphatic rings. The summed E-state index contributed by atoms with van der Waals surface area (Å²) in [7, 11) is 0. The second-order valence-electron chi connectivity index (χ2n) is 4.24. The zero-order valence-corrected chi connectivity index (χ0v) is 10.1. The molecule has 23 heavy (non-hydrogen) atoms. The van der Waals surface area contributed by atoms with Gasteiger partial charge in [-0.3, -0.25) is 0 Å². The minimum atomic E-state index is -7.28. The zero-order chi connectivity index (χ0) is 19.3. The highest BCUT2D eigenvalue weighted by molar-refractivity contribution is 5.02. The molecule has 2 N–H and O–H groups in total. The maximum atomic E-state index is 12.9. The maximum absolute atomic E-state index is 12.9. The van der Waals surface area contributed by atoms with Crippen LogP contribution < -0.4 is 0 Å². The summed E-state index contributed by atoms with van der Waals surface area (Å²) in [6, 6.07) is 0. The van der Waals surface area contributed by atoms with Crippen molar-refractivity contribution in [3.63, 3.8) is 0 Å². The van der Waals surface area contributed by atoms with Crippen LogP contribution in [0.4, 0.5) is 57.1 Å². The van der Waals surface area contributed by atoms with Gasteiger partial charge in [-0.25, -0.2) is 0 Å². The highest BCUT2D eigenvalue weighted by Crippen LogP contribution is 2.54. The summed E-state index contributed by atoms with van der Waals surface area (Å²) in [5.74, 6) is -27.6. The van der Waals surface area contributed by atoms with Crippen molar-refractivity contribution < 1.29 is 67.3 Å². The van der Waals surface area contributed by atoms with Crippen molar-refractivity contribution in [1.29, 1.82) is 0 Å². The molecule has 0 spiro atoms. The highest BCUT2D eigenvalue weighted by atomic mass is 19.4. The molecule has 0 bridgehead atoms. The molecule has 0 aromatic carbocycles. The fraction of sp³-hybridized carbons (Fsp3) is 1.00. The summed E-state index contributed by atoms with van der Waals surface area (Å²) < 4.78 is 160. The van der Waals surface area contributed by atoms with Crippen LogP contribution >= 0.6 is 0 Å². The first-order chi connectivity index (χ1) is 9.63. The van der Waals surface area contributed by atoms with Crippen LogP contribution in [0.5, 0.6) is 0 Å². The fourth-order valence-corrected chi connectivity index (χ4v) is 1.11. The number of hydrogen-bond donors (Lipinski definition) is 2. The van der Waals surface area contributed by atoms with Crippen LogP contribution in [0, 0.1) is 0 Å². The predicted molar refractivity (Wildman–Crippen MR) is 43.6 cm³/mol. The second-order valence-corrected chi connectivity index (χ2v) is 4.24. The maximum Gasteiger partial charge on any atom is 0.456 e. The number of alkyl halides is 13. The Bertz CT molecular complexity index is 421. The van der Waals surface area contributed by atoms with Gasteiger partial charge in [0.25, 0.3) is 0 Å². The Morgan fingerprint density at radius 3 is 1.26 bits per heavy atom.